The van der Waals surface area contributed by atoms with Gasteiger partial charge in [-0.25, -0.2) is 17.5 Å². The van der Waals surface area contributed by atoms with E-state index in [1.54, 1.807) is 13.0 Å². The van der Waals surface area contributed by atoms with Gasteiger partial charge in [0, 0.05) is 12.2 Å². The molecule has 0 radical (unpaired) electrons. The van der Waals surface area contributed by atoms with Crippen LogP contribution in [0.3, 0.4) is 0 Å². The lowest BCUT2D eigenvalue weighted by atomic mass is 10.2. The van der Waals surface area contributed by atoms with Crippen molar-refractivity contribution >= 4 is 21.6 Å². The highest BCUT2D eigenvalue weighted by Crippen LogP contribution is 2.15. The van der Waals surface area contributed by atoms with Crippen molar-refractivity contribution in [3.05, 3.63) is 59.9 Å². The lowest BCUT2D eigenvalue weighted by Gasteiger charge is -2.08. The summed E-state index contributed by atoms with van der Waals surface area (Å²) in [6.45, 7) is 1.97. The molecule has 2 rings (SSSR count). The predicted octanol–water partition coefficient (Wildman–Crippen LogP) is 2.38. The average Bonchev–Trinajstić information content (AvgIpc) is 2.48. The second-order valence-corrected chi connectivity index (χ2v) is 6.23. The maximum atomic E-state index is 13.5. The molecule has 22 heavy (non-hydrogen) atoms. The van der Waals surface area contributed by atoms with Crippen LogP contribution in [-0.4, -0.2) is 20.9 Å². The summed E-state index contributed by atoms with van der Waals surface area (Å²) in [5.41, 5.74) is 0.301. The molecular formula is C15H15FN2O3S. The number of nitrogens with one attached hydrogen (secondary N) is 2. The fraction of sp³-hybridized carbons (Fsp3) is 0.133. The number of carbonyl (C=O) groups excluding carboxylic acids is 1. The molecule has 0 heterocycles. The molecular weight excluding hydrogens is 307 g/mol. The molecule has 116 valence electrons. The van der Waals surface area contributed by atoms with E-state index in [-0.39, 0.29) is 17.0 Å². The molecule has 0 aliphatic carbocycles. The SMILES string of the molecule is CCNS(=O)(=O)c1ccc(NC(=O)c2ccccc2F)cc1. The maximum absolute atomic E-state index is 13.5. The minimum absolute atomic E-state index is 0.0770. The predicted molar refractivity (Wildman–Crippen MR) is 81.7 cm³/mol. The van der Waals surface area contributed by atoms with Gasteiger partial charge in [0.25, 0.3) is 5.91 Å². The molecule has 0 unspecified atom stereocenters. The zero-order valence-electron chi connectivity index (χ0n) is 11.8. The van der Waals surface area contributed by atoms with Crippen LogP contribution in [0.2, 0.25) is 0 Å². The number of carbonyl (C=O) groups is 1. The van der Waals surface area contributed by atoms with E-state index in [9.17, 15) is 17.6 Å². The smallest absolute Gasteiger partial charge is 0.258 e. The number of sulfonamides is 1. The van der Waals surface area contributed by atoms with Crippen LogP contribution in [-0.2, 0) is 10.0 Å². The van der Waals surface area contributed by atoms with Gasteiger partial charge in [-0.1, -0.05) is 19.1 Å². The average molecular weight is 322 g/mol. The molecule has 0 fully saturated rings. The van der Waals surface area contributed by atoms with Crippen LogP contribution < -0.4 is 10.0 Å². The number of amides is 1. The van der Waals surface area contributed by atoms with Crippen molar-refractivity contribution in [3.8, 4) is 0 Å². The number of anilines is 1. The van der Waals surface area contributed by atoms with Crippen molar-refractivity contribution in [2.45, 2.75) is 11.8 Å². The Morgan fingerprint density at radius 1 is 1.09 bits per heavy atom. The minimum atomic E-state index is -3.54. The number of halogens is 1. The van der Waals surface area contributed by atoms with E-state index >= 15 is 0 Å². The third-order valence-corrected chi connectivity index (χ3v) is 4.44. The highest BCUT2D eigenvalue weighted by molar-refractivity contribution is 7.89. The number of benzene rings is 2. The Bertz CT molecular complexity index is 774. The fourth-order valence-corrected chi connectivity index (χ4v) is 2.88. The first-order valence-corrected chi connectivity index (χ1v) is 8.08. The Morgan fingerprint density at radius 3 is 2.32 bits per heavy atom. The van der Waals surface area contributed by atoms with Crippen LogP contribution in [0.1, 0.15) is 17.3 Å². The van der Waals surface area contributed by atoms with Gasteiger partial charge in [0.05, 0.1) is 10.5 Å². The van der Waals surface area contributed by atoms with Gasteiger partial charge in [-0.2, -0.15) is 0 Å². The molecule has 0 aromatic heterocycles. The van der Waals surface area contributed by atoms with Crippen LogP contribution >= 0.6 is 0 Å². The fourth-order valence-electron chi connectivity index (χ4n) is 1.83. The number of hydrogen-bond acceptors (Lipinski definition) is 3. The van der Waals surface area contributed by atoms with Crippen LogP contribution in [0, 0.1) is 5.82 Å². The second-order valence-electron chi connectivity index (χ2n) is 4.46. The molecule has 2 aromatic carbocycles. The van der Waals surface area contributed by atoms with E-state index in [0.29, 0.717) is 5.69 Å². The highest BCUT2D eigenvalue weighted by Gasteiger charge is 2.14. The highest BCUT2D eigenvalue weighted by atomic mass is 32.2. The zero-order chi connectivity index (χ0) is 16.2. The summed E-state index contributed by atoms with van der Waals surface area (Å²) < 4.78 is 39.4. The first-order valence-electron chi connectivity index (χ1n) is 6.59. The molecule has 0 spiro atoms. The first-order chi connectivity index (χ1) is 10.4. The van der Waals surface area contributed by atoms with Crippen molar-refractivity contribution in [3.63, 3.8) is 0 Å². The topological polar surface area (TPSA) is 75.3 Å². The standard InChI is InChI=1S/C15H15FN2O3S/c1-2-17-22(20,21)12-9-7-11(8-10-12)18-15(19)13-5-3-4-6-14(13)16/h3-10,17H,2H2,1H3,(H,18,19). The normalized spacial score (nSPS) is 11.2. The van der Waals surface area contributed by atoms with Crippen LogP contribution in [0.15, 0.2) is 53.4 Å². The Labute approximate surface area is 128 Å². The third kappa shape index (κ3) is 3.69. The molecule has 1 amide bonds. The summed E-state index contributed by atoms with van der Waals surface area (Å²) in [6.07, 6.45) is 0. The molecule has 0 saturated heterocycles. The first kappa shape index (κ1) is 16.1. The zero-order valence-corrected chi connectivity index (χ0v) is 12.7. The van der Waals surface area contributed by atoms with E-state index in [0.717, 1.165) is 0 Å². The summed E-state index contributed by atoms with van der Waals surface area (Å²) in [6, 6.07) is 11.3. The summed E-state index contributed by atoms with van der Waals surface area (Å²) in [4.78, 5) is 12.0. The molecule has 0 bridgehead atoms. The van der Waals surface area contributed by atoms with Crippen LogP contribution in [0.5, 0.6) is 0 Å². The van der Waals surface area contributed by atoms with Crippen molar-refractivity contribution in [1.82, 2.24) is 4.72 Å². The molecule has 5 nitrogen and oxygen atoms in total. The van der Waals surface area contributed by atoms with Crippen molar-refractivity contribution in [2.75, 3.05) is 11.9 Å². The summed E-state index contributed by atoms with van der Waals surface area (Å²) >= 11 is 0. The van der Waals surface area contributed by atoms with Gasteiger partial charge in [-0.3, -0.25) is 4.79 Å². The van der Waals surface area contributed by atoms with Crippen LogP contribution in [0.4, 0.5) is 10.1 Å². The van der Waals surface area contributed by atoms with Crippen molar-refractivity contribution in [1.29, 1.82) is 0 Å². The molecule has 7 heteroatoms. The van der Waals surface area contributed by atoms with Gasteiger partial charge >= 0.3 is 0 Å². The quantitative estimate of drug-likeness (QED) is 0.887. The van der Waals surface area contributed by atoms with Gasteiger partial charge in [0.15, 0.2) is 0 Å². The van der Waals surface area contributed by atoms with E-state index < -0.39 is 21.7 Å². The van der Waals surface area contributed by atoms with Crippen LogP contribution in [0.25, 0.3) is 0 Å². The summed E-state index contributed by atoms with van der Waals surface area (Å²) in [5.74, 6) is -1.22. The molecule has 0 aliphatic heterocycles. The summed E-state index contributed by atoms with van der Waals surface area (Å²) in [5, 5.41) is 2.52. The van der Waals surface area contributed by atoms with E-state index in [2.05, 4.69) is 10.0 Å². The van der Waals surface area contributed by atoms with E-state index in [1.807, 2.05) is 0 Å². The van der Waals surface area contributed by atoms with Crippen molar-refractivity contribution in [2.24, 2.45) is 0 Å². The minimum Gasteiger partial charge on any atom is -0.322 e. The van der Waals surface area contributed by atoms with Gasteiger partial charge in [0.2, 0.25) is 10.0 Å². The monoisotopic (exact) mass is 322 g/mol. The third-order valence-electron chi connectivity index (χ3n) is 2.88. The molecule has 0 atom stereocenters. The molecule has 0 saturated carbocycles. The second kappa shape index (κ2) is 6.67. The van der Waals surface area contributed by atoms with E-state index in [1.165, 1.54) is 42.5 Å². The van der Waals surface area contributed by atoms with E-state index in [4.69, 9.17) is 0 Å². The number of hydrogen-bond donors (Lipinski definition) is 2. The van der Waals surface area contributed by atoms with Gasteiger partial charge in [-0.15, -0.1) is 0 Å². The summed E-state index contributed by atoms with van der Waals surface area (Å²) in [7, 11) is -3.54. The van der Waals surface area contributed by atoms with Crippen molar-refractivity contribution < 1.29 is 17.6 Å². The lowest BCUT2D eigenvalue weighted by molar-refractivity contribution is 0.102. The molecule has 0 aliphatic rings. The maximum Gasteiger partial charge on any atom is 0.258 e. The van der Waals surface area contributed by atoms with Gasteiger partial charge < -0.3 is 5.32 Å². The Hall–Kier alpha value is -2.25. The largest absolute Gasteiger partial charge is 0.322 e. The molecule has 2 N–H and O–H groups in total. The Kier molecular flexibility index (Phi) is 4.89. The molecule has 2 aromatic rings. The Morgan fingerprint density at radius 2 is 1.73 bits per heavy atom. The van der Waals surface area contributed by atoms with Gasteiger partial charge in [0.1, 0.15) is 5.82 Å². The number of rotatable bonds is 5. The Balaban J connectivity index is 2.15. The van der Waals surface area contributed by atoms with Gasteiger partial charge in [-0.05, 0) is 36.4 Å². The lowest BCUT2D eigenvalue weighted by Crippen LogP contribution is -2.23.